The lowest BCUT2D eigenvalue weighted by Gasteiger charge is -2.30. The van der Waals surface area contributed by atoms with E-state index in [1.165, 1.54) is 0 Å². The molecule has 3 rings (SSSR count). The van der Waals surface area contributed by atoms with E-state index in [0.717, 1.165) is 6.07 Å². The van der Waals surface area contributed by atoms with Crippen LogP contribution < -0.4 is 10.6 Å². The highest BCUT2D eigenvalue weighted by Crippen LogP contribution is 2.30. The molecule has 0 fully saturated rings. The maximum absolute atomic E-state index is 14.6. The van der Waals surface area contributed by atoms with E-state index in [1.807, 2.05) is 11.9 Å². The van der Waals surface area contributed by atoms with E-state index in [-0.39, 0.29) is 30.2 Å². The van der Waals surface area contributed by atoms with Gasteiger partial charge < -0.3 is 25.2 Å². The van der Waals surface area contributed by atoms with Crippen molar-refractivity contribution >= 4 is 11.8 Å². The summed E-state index contributed by atoms with van der Waals surface area (Å²) in [6.07, 6.45) is 0.674. The molecule has 1 unspecified atom stereocenters. The Bertz CT molecular complexity index is 1080. The molecule has 0 saturated heterocycles. The zero-order valence-electron chi connectivity index (χ0n) is 19.7. The van der Waals surface area contributed by atoms with Gasteiger partial charge in [-0.05, 0) is 31.5 Å². The third-order valence-electron chi connectivity index (χ3n) is 5.69. The lowest BCUT2D eigenvalue weighted by Crippen LogP contribution is -2.54. The molecule has 0 bridgehead atoms. The quantitative estimate of drug-likeness (QED) is 0.549. The zero-order chi connectivity index (χ0) is 25.2. The van der Waals surface area contributed by atoms with Crippen molar-refractivity contribution in [3.63, 3.8) is 0 Å². The first-order valence-electron chi connectivity index (χ1n) is 11.1. The zero-order valence-corrected chi connectivity index (χ0v) is 19.7. The van der Waals surface area contributed by atoms with Gasteiger partial charge in [-0.2, -0.15) is 0 Å². The minimum Gasteiger partial charge on any atom is -0.395 e. The summed E-state index contributed by atoms with van der Waals surface area (Å²) in [6, 6.07) is 0.239. The van der Waals surface area contributed by atoms with E-state index >= 15 is 0 Å². The molecule has 11 heteroatoms. The summed E-state index contributed by atoms with van der Waals surface area (Å²) >= 11 is 0. The summed E-state index contributed by atoms with van der Waals surface area (Å²) in [5, 5.41) is 14.3. The first kappa shape index (κ1) is 25.7. The normalized spacial score (nSPS) is 15.4. The van der Waals surface area contributed by atoms with Crippen molar-refractivity contribution in [3.05, 3.63) is 41.0 Å². The van der Waals surface area contributed by atoms with Gasteiger partial charge in [0.25, 0.3) is 5.91 Å². The molecule has 1 aliphatic rings. The number of rotatable bonds is 6. The highest BCUT2D eigenvalue weighted by atomic mass is 19.2. The summed E-state index contributed by atoms with van der Waals surface area (Å²) in [7, 11) is 1.86. The second-order valence-electron chi connectivity index (χ2n) is 9.51. The molecule has 0 aliphatic carbocycles. The average molecular weight is 482 g/mol. The van der Waals surface area contributed by atoms with Crippen LogP contribution in [0.4, 0.5) is 13.2 Å². The molecule has 186 valence electrons. The highest BCUT2D eigenvalue weighted by Gasteiger charge is 2.35. The number of imidazole rings is 1. The van der Waals surface area contributed by atoms with E-state index in [1.54, 1.807) is 25.3 Å². The lowest BCUT2D eigenvalue weighted by molar-refractivity contribution is -0.125. The van der Waals surface area contributed by atoms with Crippen LogP contribution >= 0.6 is 0 Å². The van der Waals surface area contributed by atoms with Crippen LogP contribution in [0.2, 0.25) is 0 Å². The van der Waals surface area contributed by atoms with Crippen molar-refractivity contribution < 1.29 is 27.9 Å². The van der Waals surface area contributed by atoms with Crippen LogP contribution in [0.3, 0.4) is 0 Å². The Balaban J connectivity index is 2.06. The Hall–Kier alpha value is -2.92. The highest BCUT2D eigenvalue weighted by molar-refractivity contribution is 5.98. The van der Waals surface area contributed by atoms with E-state index in [9.17, 15) is 22.8 Å². The van der Waals surface area contributed by atoms with Gasteiger partial charge >= 0.3 is 0 Å². The van der Waals surface area contributed by atoms with Gasteiger partial charge in [0.2, 0.25) is 5.91 Å². The number of aliphatic hydroxyl groups is 1. The number of aliphatic hydroxyl groups excluding tert-OH is 1. The number of halogens is 3. The molecule has 2 amide bonds. The topological polar surface area (TPSA) is 99.5 Å². The van der Waals surface area contributed by atoms with Gasteiger partial charge in [-0.25, -0.2) is 18.2 Å². The second-order valence-corrected chi connectivity index (χ2v) is 9.51. The first-order valence-corrected chi connectivity index (χ1v) is 11.1. The maximum atomic E-state index is 14.6. The number of amides is 2. The number of nitrogens with one attached hydrogen (secondary N) is 2. The molecule has 0 radical (unpaired) electrons. The van der Waals surface area contributed by atoms with Crippen molar-refractivity contribution in [1.82, 2.24) is 25.1 Å². The second kappa shape index (κ2) is 10.1. The van der Waals surface area contributed by atoms with Crippen LogP contribution in [0.25, 0.3) is 11.4 Å². The summed E-state index contributed by atoms with van der Waals surface area (Å²) < 4.78 is 43.7. The molecule has 1 aliphatic heterocycles. The molecule has 1 aromatic carbocycles. The summed E-state index contributed by atoms with van der Waals surface area (Å²) in [4.78, 5) is 32.3. The fourth-order valence-corrected chi connectivity index (χ4v) is 3.96. The van der Waals surface area contributed by atoms with E-state index in [4.69, 9.17) is 5.11 Å². The van der Waals surface area contributed by atoms with Crippen molar-refractivity contribution in [2.75, 3.05) is 26.7 Å². The Kier molecular flexibility index (Phi) is 7.67. The monoisotopic (exact) mass is 481 g/mol. The van der Waals surface area contributed by atoms with Gasteiger partial charge in [0.05, 0.1) is 17.9 Å². The van der Waals surface area contributed by atoms with Crippen LogP contribution in [0.5, 0.6) is 0 Å². The van der Waals surface area contributed by atoms with Crippen LogP contribution in [-0.2, 0) is 17.9 Å². The number of carbonyl (C=O) groups excluding carboxylic acids is 2. The standard InChI is InChI=1S/C23H30F3N5O3/c1-23(2,3)19(22(34)27-6-9-32)29-21(33)18-17-12-30(4)7-5-8-31(17)20(28-18)13-10-15(25)16(26)11-14(13)24/h10-11,19,32H,5-9,12H2,1-4H3,(H,27,34)(H,29,33). The lowest BCUT2D eigenvalue weighted by atomic mass is 9.86. The van der Waals surface area contributed by atoms with Crippen molar-refractivity contribution in [1.29, 1.82) is 0 Å². The number of hydrogen-bond donors (Lipinski definition) is 3. The molecule has 1 atom stereocenters. The van der Waals surface area contributed by atoms with Crippen LogP contribution in [-0.4, -0.2) is 64.2 Å². The number of benzene rings is 1. The molecular weight excluding hydrogens is 451 g/mol. The smallest absolute Gasteiger partial charge is 0.272 e. The largest absolute Gasteiger partial charge is 0.395 e. The molecule has 1 aromatic heterocycles. The van der Waals surface area contributed by atoms with E-state index in [0.29, 0.717) is 37.8 Å². The van der Waals surface area contributed by atoms with Gasteiger partial charge in [-0.15, -0.1) is 0 Å². The fraction of sp³-hybridized carbons (Fsp3) is 0.522. The number of aromatic nitrogens is 2. The number of nitrogens with zero attached hydrogens (tertiary/aromatic N) is 3. The number of fused-ring (bicyclic) bond motifs is 1. The Morgan fingerprint density at radius 2 is 1.82 bits per heavy atom. The number of carbonyl (C=O) groups is 2. The molecule has 2 aromatic rings. The van der Waals surface area contributed by atoms with Crippen molar-refractivity contribution in [2.45, 2.75) is 46.3 Å². The predicted molar refractivity (Wildman–Crippen MR) is 119 cm³/mol. The predicted octanol–water partition coefficient (Wildman–Crippen LogP) is 2.06. The van der Waals surface area contributed by atoms with Gasteiger partial charge in [-0.1, -0.05) is 20.8 Å². The van der Waals surface area contributed by atoms with Crippen LogP contribution in [0.1, 0.15) is 43.4 Å². The first-order chi connectivity index (χ1) is 15.9. The molecule has 8 nitrogen and oxygen atoms in total. The van der Waals surface area contributed by atoms with E-state index in [2.05, 4.69) is 15.6 Å². The van der Waals surface area contributed by atoms with Crippen molar-refractivity contribution in [2.24, 2.45) is 5.41 Å². The fourth-order valence-electron chi connectivity index (χ4n) is 3.96. The van der Waals surface area contributed by atoms with Crippen LogP contribution in [0, 0.1) is 22.9 Å². The SMILES string of the molecule is CN1CCCn2c(-c3cc(F)c(F)cc3F)nc(C(=O)NC(C(=O)NCCO)C(C)(C)C)c2C1. The Morgan fingerprint density at radius 1 is 1.15 bits per heavy atom. The van der Waals surface area contributed by atoms with Crippen molar-refractivity contribution in [3.8, 4) is 11.4 Å². The van der Waals surface area contributed by atoms with Gasteiger partial charge in [0, 0.05) is 25.7 Å². The molecule has 2 heterocycles. The van der Waals surface area contributed by atoms with Gasteiger partial charge in [-0.3, -0.25) is 9.59 Å². The summed E-state index contributed by atoms with van der Waals surface area (Å²) in [5.74, 6) is -4.63. The summed E-state index contributed by atoms with van der Waals surface area (Å²) in [6.45, 7) is 6.54. The minimum atomic E-state index is -1.32. The van der Waals surface area contributed by atoms with Gasteiger partial charge in [0.15, 0.2) is 17.3 Å². The van der Waals surface area contributed by atoms with Gasteiger partial charge in [0.1, 0.15) is 17.7 Å². The molecule has 34 heavy (non-hydrogen) atoms. The molecule has 0 spiro atoms. The Morgan fingerprint density at radius 3 is 2.47 bits per heavy atom. The maximum Gasteiger partial charge on any atom is 0.272 e. The molecule has 0 saturated carbocycles. The molecular formula is C23H30F3N5O3. The average Bonchev–Trinajstić information content (AvgIpc) is 2.97. The van der Waals surface area contributed by atoms with E-state index < -0.39 is 40.7 Å². The third kappa shape index (κ3) is 5.41. The molecule has 3 N–H and O–H groups in total. The minimum absolute atomic E-state index is 0.0166. The van der Waals surface area contributed by atoms with Crippen LogP contribution in [0.15, 0.2) is 12.1 Å². The number of hydrogen-bond acceptors (Lipinski definition) is 5. The third-order valence-corrected chi connectivity index (χ3v) is 5.69. The Labute approximate surface area is 196 Å². The summed E-state index contributed by atoms with van der Waals surface area (Å²) in [5.41, 5.74) is -0.452.